The zero-order valence-electron chi connectivity index (χ0n) is 23.5. The number of aromatic nitrogens is 3. The Morgan fingerprint density at radius 3 is 2.76 bits per heavy atom. The van der Waals surface area contributed by atoms with Gasteiger partial charge in [0.25, 0.3) is 0 Å². The van der Waals surface area contributed by atoms with Gasteiger partial charge in [0, 0.05) is 50.5 Å². The van der Waals surface area contributed by atoms with Crippen LogP contribution < -0.4 is 10.6 Å². The number of carbonyl (C=O) groups is 2. The molecule has 3 N–H and O–H groups in total. The van der Waals surface area contributed by atoms with Crippen molar-refractivity contribution in [2.45, 2.75) is 44.7 Å². The average Bonchev–Trinajstić information content (AvgIpc) is 3.69. The summed E-state index contributed by atoms with van der Waals surface area (Å²) in [4.78, 5) is 35.8. The van der Waals surface area contributed by atoms with E-state index >= 15 is 0 Å². The van der Waals surface area contributed by atoms with Gasteiger partial charge in [0.2, 0.25) is 0 Å². The standard InChI is InChI=1S/C29H33FN6O5S/c1-17-33-23-10-19(30)9-22(26(23)35(17)15-21(40-3)12-31-2)25-13-32-28(42-25)34-20-11-24(27(37)38)36(14-20)29(39)41-16-18-7-5-4-6-8-18/h4-10,13,20-21,24,31H,11-12,14-16H2,1-3H3,(H,32,34)(H,37,38)/t20-,21?,24-/m0/s1. The van der Waals surface area contributed by atoms with Gasteiger partial charge in [0.1, 0.15) is 24.3 Å². The lowest BCUT2D eigenvalue weighted by Crippen LogP contribution is -2.41. The lowest BCUT2D eigenvalue weighted by Gasteiger charge is -2.20. The van der Waals surface area contributed by atoms with Gasteiger partial charge in [-0.3, -0.25) is 4.90 Å². The Kier molecular flexibility index (Phi) is 9.00. The van der Waals surface area contributed by atoms with E-state index in [1.54, 1.807) is 13.3 Å². The number of carboxylic acid groups (broad SMARTS) is 1. The van der Waals surface area contributed by atoms with Gasteiger partial charge >= 0.3 is 12.1 Å². The highest BCUT2D eigenvalue weighted by Gasteiger charge is 2.41. The lowest BCUT2D eigenvalue weighted by molar-refractivity contribution is -0.141. The molecule has 1 amide bonds. The van der Waals surface area contributed by atoms with E-state index in [2.05, 4.69) is 20.6 Å². The van der Waals surface area contributed by atoms with E-state index in [4.69, 9.17) is 9.47 Å². The van der Waals surface area contributed by atoms with Crippen LogP contribution in [0.5, 0.6) is 0 Å². The van der Waals surface area contributed by atoms with Crippen LogP contribution in [-0.4, -0.2) is 82.0 Å². The van der Waals surface area contributed by atoms with Gasteiger partial charge in [-0.15, -0.1) is 0 Å². The topological polar surface area (TPSA) is 131 Å². The summed E-state index contributed by atoms with van der Waals surface area (Å²) >= 11 is 1.32. The Labute approximate surface area is 246 Å². The molecule has 0 radical (unpaired) electrons. The molecular weight excluding hydrogens is 563 g/mol. The summed E-state index contributed by atoms with van der Waals surface area (Å²) in [7, 11) is 3.51. The minimum atomic E-state index is -1.10. The minimum Gasteiger partial charge on any atom is -0.480 e. The number of carbonyl (C=O) groups excluding carboxylic acids is 1. The molecule has 4 aromatic rings. The third kappa shape index (κ3) is 6.37. The Balaban J connectivity index is 1.34. The van der Waals surface area contributed by atoms with Crippen LogP contribution in [0.1, 0.15) is 17.8 Å². The molecule has 13 heteroatoms. The zero-order chi connectivity index (χ0) is 29.8. The van der Waals surface area contributed by atoms with Crippen molar-refractivity contribution in [1.29, 1.82) is 0 Å². The smallest absolute Gasteiger partial charge is 0.410 e. The molecule has 1 unspecified atom stereocenters. The summed E-state index contributed by atoms with van der Waals surface area (Å²) in [6, 6.07) is 10.7. The van der Waals surface area contributed by atoms with Gasteiger partial charge in [-0.25, -0.2) is 23.9 Å². The first kappa shape index (κ1) is 29.4. The molecule has 3 heterocycles. The number of methoxy groups -OCH3 is 1. The average molecular weight is 597 g/mol. The molecule has 5 rings (SSSR count). The number of nitrogens with one attached hydrogen (secondary N) is 2. The number of hydrogen-bond donors (Lipinski definition) is 3. The van der Waals surface area contributed by atoms with Gasteiger partial charge in [0.05, 0.1) is 28.6 Å². The molecule has 42 heavy (non-hydrogen) atoms. The molecular formula is C29H33FN6O5S. The van der Waals surface area contributed by atoms with E-state index in [0.717, 1.165) is 21.8 Å². The van der Waals surface area contributed by atoms with Gasteiger partial charge < -0.3 is 29.8 Å². The number of ether oxygens (including phenoxy) is 2. The molecule has 222 valence electrons. The number of hydrogen-bond acceptors (Lipinski definition) is 9. The monoisotopic (exact) mass is 596 g/mol. The number of aryl methyl sites for hydroxylation is 1. The first-order valence-electron chi connectivity index (χ1n) is 13.5. The summed E-state index contributed by atoms with van der Waals surface area (Å²) in [5, 5.41) is 16.7. The highest BCUT2D eigenvalue weighted by atomic mass is 32.1. The van der Waals surface area contributed by atoms with Crippen molar-refractivity contribution in [3.8, 4) is 10.4 Å². The fourth-order valence-corrected chi connectivity index (χ4v) is 6.14. The second-order valence-electron chi connectivity index (χ2n) is 10.2. The number of rotatable bonds is 11. The summed E-state index contributed by atoms with van der Waals surface area (Å²) < 4.78 is 27.7. The third-order valence-corrected chi connectivity index (χ3v) is 8.24. The predicted molar refractivity (Wildman–Crippen MR) is 157 cm³/mol. The maximum absolute atomic E-state index is 14.7. The largest absolute Gasteiger partial charge is 0.480 e. The van der Waals surface area contributed by atoms with Crippen molar-refractivity contribution in [1.82, 2.24) is 24.8 Å². The molecule has 2 aromatic carbocycles. The first-order chi connectivity index (χ1) is 20.3. The van der Waals surface area contributed by atoms with Crippen molar-refractivity contribution in [3.63, 3.8) is 0 Å². The second kappa shape index (κ2) is 12.8. The highest BCUT2D eigenvalue weighted by molar-refractivity contribution is 7.19. The molecule has 2 aromatic heterocycles. The maximum Gasteiger partial charge on any atom is 0.410 e. The van der Waals surface area contributed by atoms with E-state index in [0.29, 0.717) is 29.3 Å². The second-order valence-corrected chi connectivity index (χ2v) is 11.2. The number of halogens is 1. The van der Waals surface area contributed by atoms with E-state index in [9.17, 15) is 19.1 Å². The van der Waals surface area contributed by atoms with Crippen molar-refractivity contribution in [3.05, 3.63) is 65.9 Å². The molecule has 0 spiro atoms. The lowest BCUT2D eigenvalue weighted by atomic mass is 10.1. The van der Waals surface area contributed by atoms with Gasteiger partial charge in [-0.1, -0.05) is 41.7 Å². The highest BCUT2D eigenvalue weighted by Crippen LogP contribution is 2.36. The fraction of sp³-hybridized carbons (Fsp3) is 0.379. The Morgan fingerprint density at radius 1 is 1.26 bits per heavy atom. The molecule has 11 nitrogen and oxygen atoms in total. The number of benzene rings is 2. The maximum atomic E-state index is 14.7. The molecule has 0 aliphatic carbocycles. The van der Waals surface area contributed by atoms with Crippen LogP contribution in [0.4, 0.5) is 14.3 Å². The van der Waals surface area contributed by atoms with Crippen LogP contribution in [0.15, 0.2) is 48.7 Å². The third-order valence-electron chi connectivity index (χ3n) is 7.27. The molecule has 1 aliphatic heterocycles. The van der Waals surface area contributed by atoms with Crippen molar-refractivity contribution in [2.75, 3.05) is 32.6 Å². The predicted octanol–water partition coefficient (Wildman–Crippen LogP) is 4.12. The van der Waals surface area contributed by atoms with E-state index in [1.165, 1.54) is 28.4 Å². The van der Waals surface area contributed by atoms with Gasteiger partial charge in [0.15, 0.2) is 5.13 Å². The quantitative estimate of drug-likeness (QED) is 0.234. The van der Waals surface area contributed by atoms with Crippen molar-refractivity contribution in [2.24, 2.45) is 0 Å². The number of likely N-dealkylation sites (tertiary alicyclic amines) is 1. The SMILES string of the molecule is CNCC(Cn1c(C)nc2cc(F)cc(-c3cnc(N[C@H]4C[C@@H](C(=O)O)N(C(=O)OCc5ccccc5)C4)s3)c21)OC. The van der Waals surface area contributed by atoms with Crippen molar-refractivity contribution >= 4 is 39.6 Å². The van der Waals surface area contributed by atoms with Crippen LogP contribution in [-0.2, 0) is 27.4 Å². The van der Waals surface area contributed by atoms with Crippen LogP contribution in [0, 0.1) is 12.7 Å². The minimum absolute atomic E-state index is 0.0503. The van der Waals surface area contributed by atoms with E-state index in [1.807, 2.05) is 48.9 Å². The summed E-state index contributed by atoms with van der Waals surface area (Å²) in [6.07, 6.45) is 1.04. The number of anilines is 1. The number of thiazole rings is 1. The molecule has 1 saturated heterocycles. The Bertz CT molecular complexity index is 1560. The van der Waals surface area contributed by atoms with Gasteiger partial charge in [-0.2, -0.15) is 0 Å². The fourth-order valence-electron chi connectivity index (χ4n) is 5.23. The number of fused-ring (bicyclic) bond motifs is 1. The number of nitrogens with zero attached hydrogens (tertiary/aromatic N) is 4. The molecule has 0 bridgehead atoms. The molecule has 1 fully saturated rings. The number of likely N-dealkylation sites (N-methyl/N-ethyl adjacent to an activating group) is 1. The molecule has 1 aliphatic rings. The Hall–Kier alpha value is -4.07. The van der Waals surface area contributed by atoms with Crippen molar-refractivity contribution < 1.29 is 28.6 Å². The number of carboxylic acids is 1. The number of amides is 1. The molecule has 3 atom stereocenters. The van der Waals surface area contributed by atoms with E-state index in [-0.39, 0.29) is 31.7 Å². The summed E-state index contributed by atoms with van der Waals surface area (Å²) in [5.41, 5.74) is 2.77. The molecule has 0 saturated carbocycles. The Morgan fingerprint density at radius 2 is 2.05 bits per heavy atom. The summed E-state index contributed by atoms with van der Waals surface area (Å²) in [6.45, 7) is 3.23. The normalized spacial score (nSPS) is 17.5. The number of imidazole rings is 1. The summed E-state index contributed by atoms with van der Waals surface area (Å²) in [5.74, 6) is -0.773. The van der Waals surface area contributed by atoms with Crippen LogP contribution in [0.25, 0.3) is 21.5 Å². The number of aliphatic carboxylic acids is 1. The van der Waals surface area contributed by atoms with Gasteiger partial charge in [-0.05, 0) is 25.6 Å². The van der Waals surface area contributed by atoms with Crippen LogP contribution >= 0.6 is 11.3 Å². The van der Waals surface area contributed by atoms with Crippen LogP contribution in [0.2, 0.25) is 0 Å². The van der Waals surface area contributed by atoms with Crippen LogP contribution in [0.3, 0.4) is 0 Å². The van der Waals surface area contributed by atoms with E-state index < -0.39 is 23.9 Å². The zero-order valence-corrected chi connectivity index (χ0v) is 24.4. The first-order valence-corrected chi connectivity index (χ1v) is 14.4.